The average molecular weight is 528 g/mol. The van der Waals surface area contributed by atoms with Gasteiger partial charge in [-0.15, -0.1) is 0 Å². The molecule has 4 heterocycles. The monoisotopic (exact) mass is 527 g/mol. The van der Waals surface area contributed by atoms with Crippen molar-refractivity contribution in [2.45, 2.75) is 50.7 Å². The number of hydrogen-bond acceptors (Lipinski definition) is 6. The highest BCUT2D eigenvalue weighted by Crippen LogP contribution is 2.28. The molecule has 2 aliphatic rings. The van der Waals surface area contributed by atoms with Crippen molar-refractivity contribution in [1.82, 2.24) is 14.2 Å². The van der Waals surface area contributed by atoms with Gasteiger partial charge in [-0.1, -0.05) is 13.8 Å². The van der Waals surface area contributed by atoms with E-state index in [2.05, 4.69) is 4.98 Å². The van der Waals surface area contributed by atoms with Crippen molar-refractivity contribution in [3.05, 3.63) is 64.3 Å². The van der Waals surface area contributed by atoms with Gasteiger partial charge >= 0.3 is 0 Å². The molecular weight excluding hydrogens is 494 g/mol. The van der Waals surface area contributed by atoms with Crippen molar-refractivity contribution < 1.29 is 22.4 Å². The molecule has 0 radical (unpaired) electrons. The number of furan rings is 1. The molecule has 5 rings (SSSR count). The number of benzene rings is 1. The highest BCUT2D eigenvalue weighted by Gasteiger charge is 2.32. The van der Waals surface area contributed by atoms with Crippen molar-refractivity contribution >= 4 is 26.8 Å². The van der Waals surface area contributed by atoms with Gasteiger partial charge in [-0.25, -0.2) is 8.42 Å². The van der Waals surface area contributed by atoms with E-state index in [-0.39, 0.29) is 40.3 Å². The van der Waals surface area contributed by atoms with Gasteiger partial charge in [0.15, 0.2) is 0 Å². The van der Waals surface area contributed by atoms with E-state index in [4.69, 9.17) is 9.15 Å². The predicted molar refractivity (Wildman–Crippen MR) is 139 cm³/mol. The van der Waals surface area contributed by atoms with Gasteiger partial charge in [0.2, 0.25) is 15.5 Å². The van der Waals surface area contributed by atoms with Crippen LogP contribution in [0.4, 0.5) is 0 Å². The largest absolute Gasteiger partial charge is 0.467 e. The second-order valence-electron chi connectivity index (χ2n) is 10.4. The molecule has 0 spiro atoms. The van der Waals surface area contributed by atoms with Crippen molar-refractivity contribution in [1.29, 1.82) is 0 Å². The maximum absolute atomic E-state index is 13.6. The second kappa shape index (κ2) is 10.4. The molecule has 1 N–H and O–H groups in total. The molecule has 10 heteroatoms. The van der Waals surface area contributed by atoms with Crippen LogP contribution in [-0.2, 0) is 21.3 Å². The Balaban J connectivity index is 1.48. The van der Waals surface area contributed by atoms with E-state index in [1.165, 1.54) is 22.6 Å². The summed E-state index contributed by atoms with van der Waals surface area (Å²) < 4.78 is 39.6. The summed E-state index contributed by atoms with van der Waals surface area (Å²) >= 11 is 0. The van der Waals surface area contributed by atoms with Crippen LogP contribution < -0.4 is 5.43 Å². The van der Waals surface area contributed by atoms with Gasteiger partial charge in [-0.3, -0.25) is 9.59 Å². The lowest BCUT2D eigenvalue weighted by molar-refractivity contribution is 0.0490. The molecule has 3 atom stereocenters. The maximum atomic E-state index is 13.6. The van der Waals surface area contributed by atoms with Crippen molar-refractivity contribution in [2.24, 2.45) is 11.8 Å². The smallest absolute Gasteiger partial charge is 0.259 e. The summed E-state index contributed by atoms with van der Waals surface area (Å²) in [6.07, 6.45) is 5.58. The topological polar surface area (TPSA) is 113 Å². The summed E-state index contributed by atoms with van der Waals surface area (Å²) in [6.45, 7) is 6.17. The second-order valence-corrected chi connectivity index (χ2v) is 12.3. The van der Waals surface area contributed by atoms with Crippen molar-refractivity contribution in [2.75, 3.05) is 26.2 Å². The first-order valence-corrected chi connectivity index (χ1v) is 14.2. The van der Waals surface area contributed by atoms with Gasteiger partial charge in [-0.05, 0) is 61.4 Å². The van der Waals surface area contributed by atoms with Gasteiger partial charge in [0, 0.05) is 43.3 Å². The molecule has 1 aromatic carbocycles. The fourth-order valence-corrected chi connectivity index (χ4v) is 7.19. The molecule has 0 aliphatic carbocycles. The lowest BCUT2D eigenvalue weighted by atomic mass is 9.94. The third-order valence-electron chi connectivity index (χ3n) is 7.22. The number of carbonyl (C=O) groups is 1. The highest BCUT2D eigenvalue weighted by atomic mass is 32.2. The molecular formula is C27H33N3O6S. The number of piperidine rings is 1. The lowest BCUT2D eigenvalue weighted by Crippen LogP contribution is -2.42. The van der Waals surface area contributed by atoms with E-state index in [0.717, 1.165) is 19.3 Å². The van der Waals surface area contributed by atoms with Gasteiger partial charge in [0.1, 0.15) is 11.3 Å². The zero-order valence-corrected chi connectivity index (χ0v) is 22.0. The van der Waals surface area contributed by atoms with Crippen LogP contribution in [0.15, 0.2) is 56.9 Å². The summed E-state index contributed by atoms with van der Waals surface area (Å²) in [5.41, 5.74) is -0.0858. The SMILES string of the molecule is C[C@@H]1C[C@H](C)CN(S(=O)(=O)c2ccc3[nH]cc(C(=O)N(Cc4ccco4)C[C@H]4CCCO4)c(=O)c3c2)C1. The van der Waals surface area contributed by atoms with Crippen LogP contribution in [0, 0.1) is 11.8 Å². The Morgan fingerprint density at radius 3 is 2.65 bits per heavy atom. The lowest BCUT2D eigenvalue weighted by Gasteiger charge is -2.34. The first-order chi connectivity index (χ1) is 17.7. The van der Waals surface area contributed by atoms with Crippen molar-refractivity contribution in [3.8, 4) is 0 Å². The third kappa shape index (κ3) is 5.37. The normalized spacial score (nSPS) is 22.9. The molecule has 0 unspecified atom stereocenters. The highest BCUT2D eigenvalue weighted by molar-refractivity contribution is 7.89. The molecule has 0 bridgehead atoms. The quantitative estimate of drug-likeness (QED) is 0.502. The fraction of sp³-hybridized carbons (Fsp3) is 0.481. The van der Waals surface area contributed by atoms with Gasteiger partial charge < -0.3 is 19.0 Å². The first-order valence-electron chi connectivity index (χ1n) is 12.8. The van der Waals surface area contributed by atoms with Crippen LogP contribution in [0.1, 0.15) is 49.2 Å². The van der Waals surface area contributed by atoms with E-state index in [1.807, 2.05) is 13.8 Å². The standard InChI is InChI=1S/C27H33N3O6S/c1-18-11-19(2)15-30(14-18)37(33,34)22-7-8-25-23(12-22)26(31)24(13-28-25)27(32)29(16-20-5-3-9-35-20)17-21-6-4-10-36-21/h3,5,7-9,12-13,18-19,21H,4,6,10-11,14-17H2,1-2H3,(H,28,31)/t18-,19+,21-/m1/s1. The minimum Gasteiger partial charge on any atom is -0.467 e. The Hall–Kier alpha value is -2.95. The number of hydrogen-bond donors (Lipinski definition) is 1. The van der Waals surface area contributed by atoms with E-state index in [9.17, 15) is 18.0 Å². The van der Waals surface area contributed by atoms with Crippen LogP contribution in [0.25, 0.3) is 10.9 Å². The first kappa shape index (κ1) is 25.7. The molecule has 2 aliphatic heterocycles. The number of aromatic nitrogens is 1. The van der Waals surface area contributed by atoms with E-state index in [0.29, 0.717) is 37.5 Å². The van der Waals surface area contributed by atoms with Crippen LogP contribution in [0.3, 0.4) is 0 Å². The number of sulfonamides is 1. The Morgan fingerprint density at radius 2 is 1.97 bits per heavy atom. The number of nitrogens with zero attached hydrogens (tertiary/aromatic N) is 2. The average Bonchev–Trinajstić information content (AvgIpc) is 3.57. The number of rotatable bonds is 7. The predicted octanol–water partition coefficient (Wildman–Crippen LogP) is 3.61. The zero-order chi connectivity index (χ0) is 26.2. The summed E-state index contributed by atoms with van der Waals surface area (Å²) in [7, 11) is -3.78. The summed E-state index contributed by atoms with van der Waals surface area (Å²) in [5.74, 6) is 0.662. The number of fused-ring (bicyclic) bond motifs is 1. The zero-order valence-electron chi connectivity index (χ0n) is 21.2. The molecule has 3 aromatic rings. The summed E-state index contributed by atoms with van der Waals surface area (Å²) in [5, 5.41) is 0.167. The summed E-state index contributed by atoms with van der Waals surface area (Å²) in [6, 6.07) is 8.01. The van der Waals surface area contributed by atoms with Crippen LogP contribution in [0.5, 0.6) is 0 Å². The van der Waals surface area contributed by atoms with Gasteiger partial charge in [-0.2, -0.15) is 4.31 Å². The van der Waals surface area contributed by atoms with E-state index < -0.39 is 21.4 Å². The number of carbonyl (C=O) groups excluding carboxylic acids is 1. The number of pyridine rings is 1. The number of nitrogens with one attached hydrogen (secondary N) is 1. The Labute approximate surface area is 216 Å². The maximum Gasteiger partial charge on any atom is 0.259 e. The van der Waals surface area contributed by atoms with Crippen LogP contribution in [0.2, 0.25) is 0 Å². The van der Waals surface area contributed by atoms with Gasteiger partial charge in [0.25, 0.3) is 5.91 Å². The fourth-order valence-electron chi connectivity index (χ4n) is 5.48. The Bertz CT molecular complexity index is 1420. The molecule has 2 saturated heterocycles. The van der Waals surface area contributed by atoms with Crippen LogP contribution >= 0.6 is 0 Å². The molecule has 37 heavy (non-hydrogen) atoms. The number of amides is 1. The van der Waals surface area contributed by atoms with E-state index >= 15 is 0 Å². The minimum absolute atomic E-state index is 0.0492. The van der Waals surface area contributed by atoms with E-state index in [1.54, 1.807) is 29.4 Å². The third-order valence-corrected chi connectivity index (χ3v) is 9.05. The van der Waals surface area contributed by atoms with Gasteiger partial charge in [0.05, 0.1) is 23.8 Å². The van der Waals surface area contributed by atoms with Crippen LogP contribution in [-0.4, -0.2) is 60.9 Å². The number of H-pyrrole nitrogens is 1. The molecule has 2 aromatic heterocycles. The molecule has 2 fully saturated rings. The molecule has 0 saturated carbocycles. The number of aromatic amines is 1. The minimum atomic E-state index is -3.78. The molecule has 9 nitrogen and oxygen atoms in total. The van der Waals surface area contributed by atoms with Crippen molar-refractivity contribution in [3.63, 3.8) is 0 Å². The Morgan fingerprint density at radius 1 is 1.19 bits per heavy atom. The molecule has 198 valence electrons. The Kier molecular flexibility index (Phi) is 7.24. The molecule has 1 amide bonds. The summed E-state index contributed by atoms with van der Waals surface area (Å²) in [4.78, 5) is 31.8. The number of ether oxygens (including phenoxy) is 1.